The molecule has 0 atom stereocenters. The van der Waals surface area contributed by atoms with Crippen molar-refractivity contribution in [3.63, 3.8) is 0 Å². The second-order valence-corrected chi connectivity index (χ2v) is 8.20. The van der Waals surface area contributed by atoms with Gasteiger partial charge in [0, 0.05) is 6.20 Å². The number of nitrogens with zero attached hydrogens (tertiary/aromatic N) is 4. The Hall–Kier alpha value is -3.98. The molecule has 0 saturated carbocycles. The maximum Gasteiger partial charge on any atom is 0.276 e. The number of rotatable bonds is 9. The zero-order chi connectivity index (χ0) is 24.9. The van der Waals surface area contributed by atoms with Crippen LogP contribution in [-0.4, -0.2) is 39.7 Å². The van der Waals surface area contributed by atoms with E-state index in [2.05, 4.69) is 15.5 Å². The van der Waals surface area contributed by atoms with Gasteiger partial charge in [-0.1, -0.05) is 29.8 Å². The number of halogens is 1. The number of methoxy groups -OCH3 is 2. The third-order valence-corrected chi connectivity index (χ3v) is 5.77. The van der Waals surface area contributed by atoms with E-state index >= 15 is 0 Å². The van der Waals surface area contributed by atoms with E-state index in [1.165, 1.54) is 4.68 Å². The summed E-state index contributed by atoms with van der Waals surface area (Å²) in [5.74, 6) is 1.52. The molecular weight excluding hydrogens is 470 g/mol. The van der Waals surface area contributed by atoms with Crippen LogP contribution in [0.25, 0.3) is 0 Å². The fourth-order valence-electron chi connectivity index (χ4n) is 3.61. The number of aromatic nitrogens is 4. The summed E-state index contributed by atoms with van der Waals surface area (Å²) in [6, 6.07) is 14.5. The van der Waals surface area contributed by atoms with Gasteiger partial charge in [-0.3, -0.25) is 9.48 Å². The molecule has 35 heavy (non-hydrogen) atoms. The number of nitrogens with one attached hydrogen (secondary N) is 1. The van der Waals surface area contributed by atoms with Gasteiger partial charge in [0.1, 0.15) is 5.75 Å². The van der Waals surface area contributed by atoms with Crippen LogP contribution in [-0.2, 0) is 13.3 Å². The van der Waals surface area contributed by atoms with Gasteiger partial charge in [-0.25, -0.2) is 4.68 Å². The molecule has 1 amide bonds. The van der Waals surface area contributed by atoms with Gasteiger partial charge >= 0.3 is 0 Å². The van der Waals surface area contributed by atoms with Crippen molar-refractivity contribution in [2.45, 2.75) is 27.1 Å². The third-order valence-electron chi connectivity index (χ3n) is 5.46. The Kier molecular flexibility index (Phi) is 7.26. The highest BCUT2D eigenvalue weighted by molar-refractivity contribution is 6.32. The lowest BCUT2D eigenvalue weighted by Crippen LogP contribution is -2.15. The van der Waals surface area contributed by atoms with E-state index in [1.54, 1.807) is 38.6 Å². The summed E-state index contributed by atoms with van der Waals surface area (Å²) in [5, 5.41) is 12.3. The Morgan fingerprint density at radius 2 is 1.77 bits per heavy atom. The van der Waals surface area contributed by atoms with Crippen molar-refractivity contribution in [2.75, 3.05) is 19.5 Å². The molecule has 0 bridgehead atoms. The summed E-state index contributed by atoms with van der Waals surface area (Å²) in [6.45, 7) is 4.39. The van der Waals surface area contributed by atoms with E-state index < -0.39 is 0 Å². The average molecular weight is 496 g/mol. The summed E-state index contributed by atoms with van der Waals surface area (Å²) in [4.78, 5) is 12.9. The fourth-order valence-corrected chi connectivity index (χ4v) is 3.80. The number of amides is 1. The Labute approximate surface area is 208 Å². The van der Waals surface area contributed by atoms with Gasteiger partial charge in [0.05, 0.1) is 42.9 Å². The minimum Gasteiger partial charge on any atom is -0.493 e. The molecular formula is C25H26ClN5O4. The smallest absolute Gasteiger partial charge is 0.276 e. The van der Waals surface area contributed by atoms with E-state index in [1.807, 2.05) is 48.9 Å². The van der Waals surface area contributed by atoms with Gasteiger partial charge in [0.25, 0.3) is 5.91 Å². The molecule has 0 aliphatic rings. The molecule has 0 saturated heterocycles. The normalized spacial score (nSPS) is 10.8. The maximum atomic E-state index is 12.9. The molecule has 0 unspecified atom stereocenters. The topological polar surface area (TPSA) is 92.4 Å². The standard InChI is InChI=1S/C25H26ClN5O4/c1-16-24(17(2)31(28-16)14-18-9-10-22(33-3)23(13-18)34-4)27-25(32)20-11-12-30(29-20)15-35-21-8-6-5-7-19(21)26/h5-13H,14-15H2,1-4H3,(H,27,32). The van der Waals surface area contributed by atoms with Crippen LogP contribution in [0.5, 0.6) is 17.2 Å². The number of hydrogen-bond acceptors (Lipinski definition) is 6. The Balaban J connectivity index is 1.43. The number of ether oxygens (including phenoxy) is 3. The molecule has 0 fully saturated rings. The lowest BCUT2D eigenvalue weighted by molar-refractivity contribution is 0.102. The minimum atomic E-state index is -0.335. The van der Waals surface area contributed by atoms with Gasteiger partial charge in [-0.15, -0.1) is 0 Å². The molecule has 0 aliphatic heterocycles. The number of aryl methyl sites for hydroxylation is 1. The number of hydrogen-bond donors (Lipinski definition) is 1. The van der Waals surface area contributed by atoms with Crippen LogP contribution in [0, 0.1) is 13.8 Å². The zero-order valence-corrected chi connectivity index (χ0v) is 20.7. The molecule has 182 valence electrons. The van der Waals surface area contributed by atoms with E-state index in [4.69, 9.17) is 25.8 Å². The predicted octanol–water partition coefficient (Wildman–Crippen LogP) is 4.70. The van der Waals surface area contributed by atoms with Crippen LogP contribution < -0.4 is 19.5 Å². The Bertz CT molecular complexity index is 1350. The Morgan fingerprint density at radius 3 is 2.51 bits per heavy atom. The van der Waals surface area contributed by atoms with Crippen molar-refractivity contribution in [2.24, 2.45) is 0 Å². The largest absolute Gasteiger partial charge is 0.493 e. The molecule has 9 nitrogen and oxygen atoms in total. The first-order valence-corrected chi connectivity index (χ1v) is 11.2. The molecule has 0 spiro atoms. The first kappa shape index (κ1) is 24.2. The summed E-state index contributed by atoms with van der Waals surface area (Å²) in [7, 11) is 3.20. The van der Waals surface area contributed by atoms with E-state index in [0.717, 1.165) is 11.3 Å². The highest BCUT2D eigenvalue weighted by Gasteiger charge is 2.18. The predicted molar refractivity (Wildman–Crippen MR) is 133 cm³/mol. The zero-order valence-electron chi connectivity index (χ0n) is 19.9. The quantitative estimate of drug-likeness (QED) is 0.361. The summed E-state index contributed by atoms with van der Waals surface area (Å²) in [5.41, 5.74) is 3.44. The highest BCUT2D eigenvalue weighted by Crippen LogP contribution is 2.29. The van der Waals surface area contributed by atoms with Crippen molar-refractivity contribution in [1.29, 1.82) is 0 Å². The highest BCUT2D eigenvalue weighted by atomic mass is 35.5. The molecule has 10 heteroatoms. The molecule has 2 aromatic carbocycles. The summed E-state index contributed by atoms with van der Waals surface area (Å²) < 4.78 is 19.7. The number of anilines is 1. The molecule has 1 N–H and O–H groups in total. The number of carbonyl (C=O) groups is 1. The minimum absolute atomic E-state index is 0.123. The lowest BCUT2D eigenvalue weighted by atomic mass is 10.2. The fraction of sp³-hybridized carbons (Fsp3) is 0.240. The average Bonchev–Trinajstić information content (AvgIpc) is 3.44. The number of carbonyl (C=O) groups excluding carboxylic acids is 1. The van der Waals surface area contributed by atoms with E-state index in [-0.39, 0.29) is 18.3 Å². The van der Waals surface area contributed by atoms with Crippen LogP contribution in [0.15, 0.2) is 54.7 Å². The van der Waals surface area contributed by atoms with Crippen molar-refractivity contribution >= 4 is 23.2 Å². The Morgan fingerprint density at radius 1 is 1.00 bits per heavy atom. The van der Waals surface area contributed by atoms with Crippen LogP contribution >= 0.6 is 11.6 Å². The summed E-state index contributed by atoms with van der Waals surface area (Å²) in [6.07, 6.45) is 1.67. The summed E-state index contributed by atoms with van der Waals surface area (Å²) >= 11 is 6.11. The van der Waals surface area contributed by atoms with Crippen molar-refractivity contribution in [3.8, 4) is 17.2 Å². The monoisotopic (exact) mass is 495 g/mol. The molecule has 2 heterocycles. The molecule has 2 aromatic heterocycles. The second-order valence-electron chi connectivity index (χ2n) is 7.79. The van der Waals surface area contributed by atoms with E-state index in [9.17, 15) is 4.79 Å². The van der Waals surface area contributed by atoms with Gasteiger partial charge < -0.3 is 19.5 Å². The van der Waals surface area contributed by atoms with Crippen LogP contribution in [0.2, 0.25) is 5.02 Å². The van der Waals surface area contributed by atoms with Crippen molar-refractivity contribution in [1.82, 2.24) is 19.6 Å². The maximum absolute atomic E-state index is 12.9. The van der Waals surface area contributed by atoms with Gasteiger partial charge in [-0.05, 0) is 49.7 Å². The van der Waals surface area contributed by atoms with Crippen LogP contribution in [0.4, 0.5) is 5.69 Å². The molecule has 0 aliphatic carbocycles. The van der Waals surface area contributed by atoms with Crippen LogP contribution in [0.3, 0.4) is 0 Å². The van der Waals surface area contributed by atoms with E-state index in [0.29, 0.717) is 40.2 Å². The second kappa shape index (κ2) is 10.5. The molecule has 4 aromatic rings. The van der Waals surface area contributed by atoms with Crippen molar-refractivity contribution < 1.29 is 19.0 Å². The van der Waals surface area contributed by atoms with Gasteiger partial charge in [0.2, 0.25) is 0 Å². The molecule has 0 radical (unpaired) electrons. The first-order valence-electron chi connectivity index (χ1n) is 10.9. The lowest BCUT2D eigenvalue weighted by Gasteiger charge is -2.11. The SMILES string of the molecule is COc1ccc(Cn2nc(C)c(NC(=O)c3ccn(COc4ccccc4Cl)n3)c2C)cc1OC. The van der Waals surface area contributed by atoms with Crippen LogP contribution in [0.1, 0.15) is 27.4 Å². The van der Waals surface area contributed by atoms with Gasteiger partial charge in [0.15, 0.2) is 23.9 Å². The first-order chi connectivity index (χ1) is 16.9. The number of para-hydroxylation sites is 1. The third kappa shape index (κ3) is 5.41. The van der Waals surface area contributed by atoms with Crippen molar-refractivity contribution in [3.05, 3.63) is 82.4 Å². The van der Waals surface area contributed by atoms with Gasteiger partial charge in [-0.2, -0.15) is 10.2 Å². The molecule has 4 rings (SSSR count). The number of benzene rings is 2.